The zero-order chi connectivity index (χ0) is 11.5. The molecule has 1 atom stereocenters. The maximum Gasteiger partial charge on any atom is 0.219 e. The van der Waals surface area contributed by atoms with E-state index in [1.807, 2.05) is 6.92 Å². The van der Waals surface area contributed by atoms with Crippen molar-refractivity contribution in [2.24, 2.45) is 0 Å². The van der Waals surface area contributed by atoms with Gasteiger partial charge in [-0.1, -0.05) is 13.8 Å². The molecule has 0 unspecified atom stereocenters. The molecule has 1 N–H and O–H groups in total. The molecule has 88 valence electrons. The average molecular weight is 212 g/mol. The summed E-state index contributed by atoms with van der Waals surface area (Å²) in [6.07, 6.45) is 2.84. The fourth-order valence-corrected chi connectivity index (χ4v) is 1.98. The van der Waals surface area contributed by atoms with Gasteiger partial charge in [0.1, 0.15) is 0 Å². The molecular weight excluding hydrogens is 188 g/mol. The van der Waals surface area contributed by atoms with Crippen LogP contribution < -0.4 is 5.32 Å². The lowest BCUT2D eigenvalue weighted by Gasteiger charge is -2.34. The lowest BCUT2D eigenvalue weighted by atomic mass is 10.0. The van der Waals surface area contributed by atoms with Crippen molar-refractivity contribution in [1.29, 1.82) is 0 Å². The average Bonchev–Trinajstić information content (AvgIpc) is 2.66. The van der Waals surface area contributed by atoms with Crippen LogP contribution in [-0.2, 0) is 4.79 Å². The Morgan fingerprint density at radius 1 is 1.47 bits per heavy atom. The normalized spacial score (nSPS) is 23.1. The predicted octanol–water partition coefficient (Wildman–Crippen LogP) is 1.78. The van der Waals surface area contributed by atoms with Crippen LogP contribution in [0.4, 0.5) is 0 Å². The van der Waals surface area contributed by atoms with Gasteiger partial charge in [0.25, 0.3) is 0 Å². The van der Waals surface area contributed by atoms with Crippen molar-refractivity contribution in [3.8, 4) is 0 Å². The lowest BCUT2D eigenvalue weighted by Crippen LogP contribution is -2.44. The van der Waals surface area contributed by atoms with Crippen LogP contribution in [0.15, 0.2) is 0 Å². The Hall–Kier alpha value is -0.570. The van der Waals surface area contributed by atoms with Gasteiger partial charge in [0.2, 0.25) is 5.91 Å². The number of nitrogens with zero attached hydrogens (tertiary/aromatic N) is 1. The summed E-state index contributed by atoms with van der Waals surface area (Å²) in [5.41, 5.74) is 0.270. The minimum Gasteiger partial charge on any atom is -0.352 e. The van der Waals surface area contributed by atoms with Gasteiger partial charge in [-0.15, -0.1) is 0 Å². The van der Waals surface area contributed by atoms with Crippen molar-refractivity contribution in [3.63, 3.8) is 0 Å². The second-order valence-corrected chi connectivity index (χ2v) is 5.02. The van der Waals surface area contributed by atoms with E-state index < -0.39 is 0 Å². The van der Waals surface area contributed by atoms with Gasteiger partial charge in [0.05, 0.1) is 0 Å². The van der Waals surface area contributed by atoms with Crippen LogP contribution in [0.1, 0.15) is 47.0 Å². The first kappa shape index (κ1) is 12.5. The van der Waals surface area contributed by atoms with Gasteiger partial charge in [-0.25, -0.2) is 0 Å². The summed E-state index contributed by atoms with van der Waals surface area (Å²) in [6.45, 7) is 10.8. The second-order valence-electron chi connectivity index (χ2n) is 5.02. The molecule has 1 aliphatic heterocycles. The molecular formula is C12H24N2O. The number of amides is 1. The van der Waals surface area contributed by atoms with Crippen LogP contribution in [0, 0.1) is 0 Å². The molecule has 1 amide bonds. The van der Waals surface area contributed by atoms with Crippen LogP contribution in [0.5, 0.6) is 0 Å². The Morgan fingerprint density at radius 3 is 2.67 bits per heavy atom. The molecule has 0 aliphatic carbocycles. The van der Waals surface area contributed by atoms with Crippen molar-refractivity contribution in [2.45, 2.75) is 58.5 Å². The first-order valence-corrected chi connectivity index (χ1v) is 6.04. The standard InChI is InChI=1S/C12H24N2O/c1-5-11(15)13-10-7-8-14(9-10)12(3,4)6-2/h10H,5-9H2,1-4H3,(H,13,15)/t10-/m1/s1. The predicted molar refractivity (Wildman–Crippen MR) is 62.8 cm³/mol. The first-order valence-electron chi connectivity index (χ1n) is 6.04. The molecule has 0 aromatic heterocycles. The van der Waals surface area contributed by atoms with E-state index >= 15 is 0 Å². The van der Waals surface area contributed by atoms with Gasteiger partial charge in [-0.3, -0.25) is 9.69 Å². The molecule has 1 heterocycles. The number of hydrogen-bond donors (Lipinski definition) is 1. The Morgan fingerprint density at radius 2 is 2.13 bits per heavy atom. The van der Waals surface area contributed by atoms with Crippen molar-refractivity contribution in [2.75, 3.05) is 13.1 Å². The SMILES string of the molecule is CCC(=O)N[C@@H]1CCN(C(C)(C)CC)C1. The van der Waals surface area contributed by atoms with Crippen LogP contribution in [0.3, 0.4) is 0 Å². The van der Waals surface area contributed by atoms with Gasteiger partial charge in [-0.2, -0.15) is 0 Å². The highest BCUT2D eigenvalue weighted by atomic mass is 16.1. The second kappa shape index (κ2) is 4.97. The van der Waals surface area contributed by atoms with Crippen LogP contribution >= 0.6 is 0 Å². The summed E-state index contributed by atoms with van der Waals surface area (Å²) >= 11 is 0. The highest BCUT2D eigenvalue weighted by Gasteiger charge is 2.32. The summed E-state index contributed by atoms with van der Waals surface area (Å²) in [6, 6.07) is 0.364. The number of carbonyl (C=O) groups is 1. The van der Waals surface area contributed by atoms with Crippen molar-refractivity contribution < 1.29 is 4.79 Å². The molecule has 1 saturated heterocycles. The summed E-state index contributed by atoms with van der Waals surface area (Å²) in [5, 5.41) is 3.07. The maximum atomic E-state index is 11.3. The van der Waals surface area contributed by atoms with Crippen LogP contribution in [0.25, 0.3) is 0 Å². The molecule has 0 radical (unpaired) electrons. The molecule has 1 aliphatic rings. The Kier molecular flexibility index (Phi) is 4.14. The first-order chi connectivity index (χ1) is 6.99. The van der Waals surface area contributed by atoms with Crippen LogP contribution in [-0.4, -0.2) is 35.5 Å². The van der Waals surface area contributed by atoms with Crippen molar-refractivity contribution in [1.82, 2.24) is 10.2 Å². The number of hydrogen-bond acceptors (Lipinski definition) is 2. The maximum absolute atomic E-state index is 11.3. The zero-order valence-electron chi connectivity index (χ0n) is 10.5. The summed E-state index contributed by atoms with van der Waals surface area (Å²) in [5.74, 6) is 0.177. The fraction of sp³-hybridized carbons (Fsp3) is 0.917. The number of likely N-dealkylation sites (tertiary alicyclic amines) is 1. The number of carbonyl (C=O) groups excluding carboxylic acids is 1. The van der Waals surface area contributed by atoms with E-state index in [0.29, 0.717) is 12.5 Å². The number of rotatable bonds is 4. The van der Waals surface area contributed by atoms with Gasteiger partial charge < -0.3 is 5.32 Å². The van der Waals surface area contributed by atoms with Gasteiger partial charge in [0, 0.05) is 31.1 Å². The third-order valence-corrected chi connectivity index (χ3v) is 3.60. The molecule has 0 saturated carbocycles. The van der Waals surface area contributed by atoms with Crippen molar-refractivity contribution in [3.05, 3.63) is 0 Å². The smallest absolute Gasteiger partial charge is 0.219 e. The van der Waals surface area contributed by atoms with E-state index in [1.54, 1.807) is 0 Å². The molecule has 3 heteroatoms. The molecule has 0 spiro atoms. The zero-order valence-corrected chi connectivity index (χ0v) is 10.5. The Balaban J connectivity index is 2.42. The summed E-state index contributed by atoms with van der Waals surface area (Å²) in [7, 11) is 0. The molecule has 0 bridgehead atoms. The summed E-state index contributed by atoms with van der Waals surface area (Å²) < 4.78 is 0. The van der Waals surface area contributed by atoms with E-state index in [-0.39, 0.29) is 11.4 Å². The monoisotopic (exact) mass is 212 g/mol. The molecule has 3 nitrogen and oxygen atoms in total. The largest absolute Gasteiger partial charge is 0.352 e. The van der Waals surface area contributed by atoms with Gasteiger partial charge in [-0.05, 0) is 26.7 Å². The molecule has 15 heavy (non-hydrogen) atoms. The van der Waals surface area contributed by atoms with Gasteiger partial charge >= 0.3 is 0 Å². The summed E-state index contributed by atoms with van der Waals surface area (Å²) in [4.78, 5) is 13.7. The third kappa shape index (κ3) is 3.20. The van der Waals surface area contributed by atoms with Gasteiger partial charge in [0.15, 0.2) is 0 Å². The van der Waals surface area contributed by atoms with Crippen LogP contribution in [0.2, 0.25) is 0 Å². The topological polar surface area (TPSA) is 32.3 Å². The highest BCUT2D eigenvalue weighted by Crippen LogP contribution is 2.23. The fourth-order valence-electron chi connectivity index (χ4n) is 1.98. The van der Waals surface area contributed by atoms with E-state index in [0.717, 1.165) is 25.9 Å². The molecule has 0 aromatic carbocycles. The van der Waals surface area contributed by atoms with E-state index in [1.165, 1.54) is 0 Å². The Bertz CT molecular complexity index is 226. The number of nitrogens with one attached hydrogen (secondary N) is 1. The van der Waals surface area contributed by atoms with E-state index in [9.17, 15) is 4.79 Å². The molecule has 1 fully saturated rings. The quantitative estimate of drug-likeness (QED) is 0.770. The minimum absolute atomic E-state index is 0.177. The molecule has 1 rings (SSSR count). The minimum atomic E-state index is 0.177. The van der Waals surface area contributed by atoms with E-state index in [4.69, 9.17) is 0 Å². The lowest BCUT2D eigenvalue weighted by molar-refractivity contribution is -0.121. The van der Waals surface area contributed by atoms with E-state index in [2.05, 4.69) is 31.0 Å². The Labute approximate surface area is 93.2 Å². The highest BCUT2D eigenvalue weighted by molar-refractivity contribution is 5.75. The van der Waals surface area contributed by atoms with Crippen molar-refractivity contribution >= 4 is 5.91 Å². The third-order valence-electron chi connectivity index (χ3n) is 3.60. The molecule has 0 aromatic rings.